The van der Waals surface area contributed by atoms with Crippen molar-refractivity contribution in [1.29, 1.82) is 0 Å². The molecular weight excluding hydrogens is 561 g/mol. The lowest BCUT2D eigenvalue weighted by Crippen LogP contribution is -2.24. The molecule has 1 saturated heterocycles. The van der Waals surface area contributed by atoms with Crippen molar-refractivity contribution in [3.8, 4) is 0 Å². The van der Waals surface area contributed by atoms with Gasteiger partial charge in [0.15, 0.2) is 5.82 Å². The number of rotatable bonds is 8. The molecule has 35 heavy (non-hydrogen) atoms. The quantitative estimate of drug-likeness (QED) is 0.377. The Kier molecular flexibility index (Phi) is 7.66. The van der Waals surface area contributed by atoms with Gasteiger partial charge < -0.3 is 15.0 Å². The Labute approximate surface area is 217 Å². The van der Waals surface area contributed by atoms with Gasteiger partial charge in [0.1, 0.15) is 5.82 Å². The van der Waals surface area contributed by atoms with Gasteiger partial charge in [-0.05, 0) is 72.0 Å². The number of hydrogen-bond acceptors (Lipinski definition) is 7. The number of halogens is 1. The average molecular weight is 591 g/mol. The zero-order valence-electron chi connectivity index (χ0n) is 19.6. The van der Waals surface area contributed by atoms with Crippen molar-refractivity contribution in [1.82, 2.24) is 15.1 Å². The summed E-state index contributed by atoms with van der Waals surface area (Å²) in [6, 6.07) is 8.11. The summed E-state index contributed by atoms with van der Waals surface area (Å²) >= 11 is 2.28. The van der Waals surface area contributed by atoms with Crippen LogP contribution in [0, 0.1) is 9.49 Å². The molecule has 186 valence electrons. The Morgan fingerprint density at radius 2 is 2.06 bits per heavy atom. The molecule has 10 heteroatoms. The van der Waals surface area contributed by atoms with E-state index in [0.717, 1.165) is 58.3 Å². The highest BCUT2D eigenvalue weighted by atomic mass is 127. The number of nitrogens with zero attached hydrogens (tertiary/aromatic N) is 3. The highest BCUT2D eigenvalue weighted by Crippen LogP contribution is 2.32. The summed E-state index contributed by atoms with van der Waals surface area (Å²) in [6.45, 7) is 2.08. The zero-order valence-corrected chi connectivity index (χ0v) is 21.8. The average Bonchev–Trinajstić information content (AvgIpc) is 3.50. The van der Waals surface area contributed by atoms with E-state index in [0.29, 0.717) is 31.2 Å². The number of carbonyl (C=O) groups excluding carboxylic acids is 1. The Hall–Kier alpha value is -2.47. The van der Waals surface area contributed by atoms with Gasteiger partial charge in [-0.25, -0.2) is 9.78 Å². The second-order valence-corrected chi connectivity index (χ2v) is 10.6. The number of ether oxygens (including phenoxy) is 1. The van der Waals surface area contributed by atoms with E-state index in [1.54, 1.807) is 0 Å². The van der Waals surface area contributed by atoms with E-state index in [1.807, 2.05) is 18.2 Å². The summed E-state index contributed by atoms with van der Waals surface area (Å²) in [4.78, 5) is 33.5. The highest BCUT2D eigenvalue weighted by molar-refractivity contribution is 14.1. The fourth-order valence-corrected chi connectivity index (χ4v) is 5.68. The van der Waals surface area contributed by atoms with Crippen molar-refractivity contribution >= 4 is 50.9 Å². The number of amides is 1. The van der Waals surface area contributed by atoms with Gasteiger partial charge in [-0.2, -0.15) is 0 Å². The van der Waals surface area contributed by atoms with Crippen LogP contribution < -0.4 is 16.0 Å². The fraction of sp³-hybridized carbons (Fsp3) is 0.520. The predicted octanol–water partition coefficient (Wildman–Crippen LogP) is 4.26. The number of aromatic amines is 1. The minimum absolute atomic E-state index is 0.0949. The monoisotopic (exact) mass is 591 g/mol. The summed E-state index contributed by atoms with van der Waals surface area (Å²) in [7, 11) is 0. The summed E-state index contributed by atoms with van der Waals surface area (Å²) < 4.78 is 11.5. The molecule has 1 saturated carbocycles. The topological polar surface area (TPSA) is 113 Å². The van der Waals surface area contributed by atoms with E-state index in [1.165, 1.54) is 19.3 Å². The summed E-state index contributed by atoms with van der Waals surface area (Å²) in [5.41, 5.74) is 1.73. The minimum atomic E-state index is -0.545. The van der Waals surface area contributed by atoms with Gasteiger partial charge in [0.25, 0.3) is 0 Å². The first-order valence-corrected chi connectivity index (χ1v) is 13.4. The Morgan fingerprint density at radius 3 is 2.86 bits per heavy atom. The van der Waals surface area contributed by atoms with Gasteiger partial charge in [0, 0.05) is 34.9 Å². The van der Waals surface area contributed by atoms with E-state index in [9.17, 15) is 9.59 Å². The Bertz CT molecular complexity index is 1240. The molecule has 1 aliphatic heterocycles. The lowest BCUT2D eigenvalue weighted by molar-refractivity contribution is -0.117. The molecule has 2 fully saturated rings. The fourth-order valence-electron chi connectivity index (χ4n) is 5.08. The van der Waals surface area contributed by atoms with Crippen LogP contribution in [0.5, 0.6) is 0 Å². The highest BCUT2D eigenvalue weighted by Gasteiger charge is 2.25. The maximum atomic E-state index is 12.8. The second kappa shape index (κ2) is 11.1. The number of H-pyrrole nitrogens is 1. The summed E-state index contributed by atoms with van der Waals surface area (Å²) in [5.74, 6) is 1.46. The first kappa shape index (κ1) is 24.2. The molecule has 2 aliphatic rings. The van der Waals surface area contributed by atoms with Crippen LogP contribution in [-0.4, -0.2) is 46.8 Å². The van der Waals surface area contributed by atoms with E-state index in [2.05, 4.69) is 53.5 Å². The van der Waals surface area contributed by atoms with Crippen LogP contribution in [0.3, 0.4) is 0 Å². The zero-order chi connectivity index (χ0) is 24.2. The number of aromatic nitrogens is 3. The molecule has 1 aromatic carbocycles. The molecule has 0 spiro atoms. The maximum Gasteiger partial charge on any atom is 0.438 e. The molecule has 3 aromatic rings. The van der Waals surface area contributed by atoms with Crippen molar-refractivity contribution in [2.75, 3.05) is 29.9 Å². The molecule has 2 N–H and O–H groups in total. The van der Waals surface area contributed by atoms with Gasteiger partial charge in [-0.1, -0.05) is 24.4 Å². The van der Waals surface area contributed by atoms with Crippen LogP contribution in [-0.2, 0) is 16.0 Å². The number of benzene rings is 1. The predicted molar refractivity (Wildman–Crippen MR) is 142 cm³/mol. The van der Waals surface area contributed by atoms with Gasteiger partial charge >= 0.3 is 5.76 Å². The molecule has 1 aliphatic carbocycles. The molecule has 0 unspecified atom stereocenters. The Morgan fingerprint density at radius 1 is 1.20 bits per heavy atom. The SMILES string of the molecule is O=C(CC1CCCCC1)Nc1c(I)ccc2nc(N3CC[C@H](OCCc4noc(=O)[nH]4)C3)ccc12. The molecular formula is C25H30IN5O4. The van der Waals surface area contributed by atoms with Crippen LogP contribution in [0.25, 0.3) is 10.9 Å². The molecule has 1 atom stereocenters. The first-order chi connectivity index (χ1) is 17.0. The van der Waals surface area contributed by atoms with Crippen molar-refractivity contribution in [3.05, 3.63) is 44.2 Å². The van der Waals surface area contributed by atoms with E-state index >= 15 is 0 Å². The largest absolute Gasteiger partial charge is 0.438 e. The van der Waals surface area contributed by atoms with Crippen LogP contribution in [0.2, 0.25) is 0 Å². The van der Waals surface area contributed by atoms with Crippen molar-refractivity contribution in [2.45, 2.75) is 57.5 Å². The van der Waals surface area contributed by atoms with E-state index in [4.69, 9.17) is 9.72 Å². The number of carbonyl (C=O) groups is 1. The molecule has 1 amide bonds. The van der Waals surface area contributed by atoms with Gasteiger partial charge in [-0.3, -0.25) is 14.3 Å². The summed E-state index contributed by atoms with van der Waals surface area (Å²) in [6.07, 6.45) is 8.19. The van der Waals surface area contributed by atoms with Crippen LogP contribution in [0.1, 0.15) is 50.8 Å². The van der Waals surface area contributed by atoms with E-state index < -0.39 is 5.76 Å². The standard InChI is InChI=1S/C25H30IN5O4/c26-19-7-8-20-18(24(19)29-23(32)14-16-4-2-1-3-5-16)6-9-22(27-20)31-12-10-17(15-31)34-13-11-21-28-25(33)35-30-21/h6-9,16-17H,1-5,10-15H2,(H,29,32)(H,28,30,33)/t17-/m0/s1. The normalized spacial score (nSPS) is 18.9. The van der Waals surface area contributed by atoms with E-state index in [-0.39, 0.29) is 12.0 Å². The summed E-state index contributed by atoms with van der Waals surface area (Å²) in [5, 5.41) is 7.81. The second-order valence-electron chi connectivity index (χ2n) is 9.43. The van der Waals surface area contributed by atoms with Gasteiger partial charge in [-0.15, -0.1) is 0 Å². The molecule has 0 radical (unpaired) electrons. The third-order valence-electron chi connectivity index (χ3n) is 6.92. The smallest absolute Gasteiger partial charge is 0.376 e. The van der Waals surface area contributed by atoms with Crippen molar-refractivity contribution < 1.29 is 14.1 Å². The lowest BCUT2D eigenvalue weighted by Gasteiger charge is -2.21. The minimum Gasteiger partial charge on any atom is -0.376 e. The number of pyridine rings is 1. The van der Waals surface area contributed by atoms with Gasteiger partial charge in [0.2, 0.25) is 5.91 Å². The van der Waals surface area contributed by atoms with Gasteiger partial charge in [0.05, 0.1) is 23.9 Å². The van der Waals surface area contributed by atoms with Crippen LogP contribution in [0.4, 0.5) is 11.5 Å². The van der Waals surface area contributed by atoms with Crippen LogP contribution in [0.15, 0.2) is 33.6 Å². The molecule has 2 aromatic heterocycles. The number of hydrogen-bond donors (Lipinski definition) is 2. The first-order valence-electron chi connectivity index (χ1n) is 12.4. The molecule has 9 nitrogen and oxygen atoms in total. The van der Waals surface area contributed by atoms with Crippen molar-refractivity contribution in [2.24, 2.45) is 5.92 Å². The lowest BCUT2D eigenvalue weighted by atomic mass is 9.87. The van der Waals surface area contributed by atoms with Crippen molar-refractivity contribution in [3.63, 3.8) is 0 Å². The Balaban J connectivity index is 1.21. The number of fused-ring (bicyclic) bond motifs is 1. The third-order valence-corrected chi connectivity index (χ3v) is 7.81. The number of nitrogens with one attached hydrogen (secondary N) is 2. The maximum absolute atomic E-state index is 12.8. The molecule has 5 rings (SSSR count). The van der Waals surface area contributed by atoms with Crippen LogP contribution >= 0.6 is 22.6 Å². The number of anilines is 2. The third kappa shape index (κ3) is 6.03. The molecule has 3 heterocycles. The molecule has 0 bridgehead atoms.